The number of nitrogens with zero attached hydrogens (tertiary/aromatic N) is 2. The zero-order valence-corrected chi connectivity index (χ0v) is 14.2. The number of hydrogen-bond acceptors (Lipinski definition) is 2. The van der Waals surface area contributed by atoms with Crippen LogP contribution in [-0.2, 0) is 0 Å². The van der Waals surface area contributed by atoms with E-state index in [1.165, 1.54) is 0 Å². The van der Waals surface area contributed by atoms with Gasteiger partial charge in [-0.25, -0.2) is 0 Å². The lowest BCUT2D eigenvalue weighted by molar-refractivity contribution is -0.467. The van der Waals surface area contributed by atoms with Gasteiger partial charge in [0.15, 0.2) is 0 Å². The van der Waals surface area contributed by atoms with Gasteiger partial charge in [0.1, 0.15) is 0 Å². The fourth-order valence-corrected chi connectivity index (χ4v) is 2.05. The van der Waals surface area contributed by atoms with Crippen LogP contribution in [0.2, 0.25) is 0 Å². The van der Waals surface area contributed by atoms with Gasteiger partial charge in [-0.2, -0.15) is 74.6 Å². The molecule has 0 atom stereocenters. The first-order valence-corrected chi connectivity index (χ1v) is 7.12. The second-order valence-corrected chi connectivity index (χ2v) is 6.15. The summed E-state index contributed by atoms with van der Waals surface area (Å²) in [7, 11) is 0.839. The van der Waals surface area contributed by atoms with E-state index in [1.807, 2.05) is 0 Å². The molecule has 0 saturated carbocycles. The van der Waals surface area contributed by atoms with E-state index in [0.29, 0.717) is 11.1 Å². The molecule has 0 aromatic rings. The molecule has 1 aliphatic heterocycles. The third-order valence-electron chi connectivity index (χ3n) is 3.94. The van der Waals surface area contributed by atoms with Crippen LogP contribution in [0.5, 0.6) is 0 Å². The maximum atomic E-state index is 13.7. The van der Waals surface area contributed by atoms with Crippen LogP contribution in [0.25, 0.3) is 0 Å². The second-order valence-electron chi connectivity index (χ2n) is 6.15. The van der Waals surface area contributed by atoms with E-state index in [1.54, 1.807) is 0 Å². The molecule has 19 heteroatoms. The van der Waals surface area contributed by atoms with Crippen molar-refractivity contribution >= 4 is 0 Å². The van der Waals surface area contributed by atoms with E-state index in [0.717, 1.165) is 7.05 Å². The molecule has 31 heavy (non-hydrogen) atoms. The molecule has 0 amide bonds. The summed E-state index contributed by atoms with van der Waals surface area (Å²) in [6, 6.07) is -6.54. The second kappa shape index (κ2) is 6.82. The molecule has 0 fully saturated rings. The number of alkyl halides is 17. The van der Waals surface area contributed by atoms with Crippen molar-refractivity contribution in [2.75, 3.05) is 13.7 Å². The molecule has 0 aromatic carbocycles. The maximum absolute atomic E-state index is 13.7. The molecular formula is C12H7F17N2. The first-order valence-electron chi connectivity index (χ1n) is 7.12. The Hall–Kier alpha value is -1.85. The smallest absolute Gasteiger partial charge is 0.361 e. The molecular weight excluding hydrogens is 495 g/mol. The Bertz CT molecular complexity index is 706. The predicted molar refractivity (Wildman–Crippen MR) is 64.3 cm³/mol. The fourth-order valence-electron chi connectivity index (χ4n) is 2.05. The van der Waals surface area contributed by atoms with Crippen molar-refractivity contribution < 1.29 is 74.6 Å². The SMILES string of the molecule is CN1C=CN(C(F)(F)C(F)(F)C(F)(F)C(F)(F)C(F)(F)C(F)(F)C(F)(F)C(F)(F)F)C1. The summed E-state index contributed by atoms with van der Waals surface area (Å²) in [5.74, 6) is -49.8. The number of hydrogen-bond donors (Lipinski definition) is 0. The van der Waals surface area contributed by atoms with Crippen molar-refractivity contribution in [3.8, 4) is 0 Å². The summed E-state index contributed by atoms with van der Waals surface area (Å²) in [5, 5.41) is 0. The van der Waals surface area contributed by atoms with Crippen LogP contribution in [0.15, 0.2) is 12.4 Å². The maximum Gasteiger partial charge on any atom is 0.460 e. The van der Waals surface area contributed by atoms with E-state index >= 15 is 0 Å². The number of rotatable bonds is 7. The molecule has 0 saturated heterocycles. The Morgan fingerprint density at radius 2 is 0.806 bits per heavy atom. The van der Waals surface area contributed by atoms with Gasteiger partial charge in [-0.1, -0.05) is 0 Å². The van der Waals surface area contributed by atoms with E-state index in [2.05, 4.69) is 0 Å². The Kier molecular flexibility index (Phi) is 5.98. The average molecular weight is 502 g/mol. The van der Waals surface area contributed by atoms with Gasteiger partial charge in [-0.05, 0) is 0 Å². The van der Waals surface area contributed by atoms with Crippen molar-refractivity contribution in [1.29, 1.82) is 0 Å². The molecule has 0 bridgehead atoms. The summed E-state index contributed by atoms with van der Waals surface area (Å²) in [6.45, 7) is -1.46. The van der Waals surface area contributed by atoms with Crippen LogP contribution in [0.1, 0.15) is 0 Å². The highest BCUT2D eigenvalue weighted by Crippen LogP contribution is 2.64. The molecule has 1 rings (SSSR count). The van der Waals surface area contributed by atoms with Crippen molar-refractivity contribution in [2.24, 2.45) is 0 Å². The van der Waals surface area contributed by atoms with Crippen molar-refractivity contribution in [2.45, 2.75) is 47.8 Å². The summed E-state index contributed by atoms with van der Waals surface area (Å²) in [6.07, 6.45) is -7.43. The molecule has 184 valence electrons. The van der Waals surface area contributed by atoms with E-state index in [9.17, 15) is 74.6 Å². The Labute approximate surface area is 159 Å². The van der Waals surface area contributed by atoms with Gasteiger partial charge in [-0.3, -0.25) is 4.90 Å². The zero-order chi connectivity index (χ0) is 25.3. The Morgan fingerprint density at radius 1 is 0.484 bits per heavy atom. The summed E-state index contributed by atoms with van der Waals surface area (Å²) < 4.78 is 222. The van der Waals surface area contributed by atoms with Gasteiger partial charge in [0, 0.05) is 19.4 Å². The minimum absolute atomic E-state index is 0.132. The molecule has 0 radical (unpaired) electrons. The molecule has 1 aliphatic rings. The van der Waals surface area contributed by atoms with Crippen LogP contribution in [0.4, 0.5) is 74.6 Å². The van der Waals surface area contributed by atoms with Crippen molar-refractivity contribution in [3.63, 3.8) is 0 Å². The van der Waals surface area contributed by atoms with Gasteiger partial charge in [-0.15, -0.1) is 0 Å². The van der Waals surface area contributed by atoms with E-state index in [4.69, 9.17) is 0 Å². The molecule has 0 aliphatic carbocycles. The average Bonchev–Trinajstić information content (AvgIpc) is 2.99. The van der Waals surface area contributed by atoms with Crippen LogP contribution in [0.3, 0.4) is 0 Å². The first kappa shape index (κ1) is 27.2. The third-order valence-corrected chi connectivity index (χ3v) is 3.94. The van der Waals surface area contributed by atoms with E-state index < -0.39 is 59.3 Å². The lowest BCUT2D eigenvalue weighted by Gasteiger charge is -2.44. The van der Waals surface area contributed by atoms with Crippen molar-refractivity contribution in [3.05, 3.63) is 12.4 Å². The normalized spacial score (nSPS) is 18.3. The lowest BCUT2D eigenvalue weighted by atomic mass is 9.90. The molecule has 0 unspecified atom stereocenters. The molecule has 0 aromatic heterocycles. The van der Waals surface area contributed by atoms with Crippen molar-refractivity contribution in [1.82, 2.24) is 9.80 Å². The topological polar surface area (TPSA) is 6.48 Å². The van der Waals surface area contributed by atoms with Gasteiger partial charge in [0.05, 0.1) is 6.67 Å². The highest BCUT2D eigenvalue weighted by molar-refractivity contribution is 5.15. The summed E-state index contributed by atoms with van der Waals surface area (Å²) >= 11 is 0. The highest BCUT2D eigenvalue weighted by Gasteiger charge is 2.95. The Balaban J connectivity index is 3.60. The zero-order valence-electron chi connectivity index (χ0n) is 14.2. The van der Waals surface area contributed by atoms with Gasteiger partial charge in [0.25, 0.3) is 0 Å². The third kappa shape index (κ3) is 3.32. The minimum Gasteiger partial charge on any atom is -0.361 e. The quantitative estimate of drug-likeness (QED) is 0.329. The van der Waals surface area contributed by atoms with Gasteiger partial charge < -0.3 is 4.90 Å². The van der Waals surface area contributed by atoms with Crippen LogP contribution >= 0.6 is 0 Å². The first-order chi connectivity index (χ1) is 13.2. The number of halogens is 17. The lowest BCUT2D eigenvalue weighted by Crippen LogP contribution is -2.75. The molecule has 2 nitrogen and oxygen atoms in total. The van der Waals surface area contributed by atoms with Crippen LogP contribution < -0.4 is 0 Å². The largest absolute Gasteiger partial charge is 0.460 e. The van der Waals surface area contributed by atoms with Crippen LogP contribution in [-0.4, -0.2) is 71.3 Å². The monoisotopic (exact) mass is 502 g/mol. The minimum atomic E-state index is -8.61. The van der Waals surface area contributed by atoms with Gasteiger partial charge in [0.2, 0.25) is 0 Å². The standard InChI is InChI=1S/C12H7F17N2/c1-30-2-3-31(4-30)12(28,29)10(23,24)8(19,20)6(15,16)5(13,14)7(17,18)9(21,22)11(25,26)27/h2-3H,4H2,1H3. The van der Waals surface area contributed by atoms with E-state index in [-0.39, 0.29) is 6.20 Å². The predicted octanol–water partition coefficient (Wildman–Crippen LogP) is 5.63. The molecule has 1 heterocycles. The molecule has 0 spiro atoms. The summed E-state index contributed by atoms with van der Waals surface area (Å²) in [4.78, 5) is -0.593. The molecule has 0 N–H and O–H groups in total. The Morgan fingerprint density at radius 3 is 1.10 bits per heavy atom. The highest BCUT2D eigenvalue weighted by atomic mass is 19.4. The van der Waals surface area contributed by atoms with Gasteiger partial charge >= 0.3 is 47.8 Å². The fraction of sp³-hybridized carbons (Fsp3) is 0.833. The van der Waals surface area contributed by atoms with Crippen LogP contribution in [0, 0.1) is 0 Å². The summed E-state index contributed by atoms with van der Waals surface area (Å²) in [5.41, 5.74) is 0.